The predicted molar refractivity (Wildman–Crippen MR) is 131 cm³/mol. The van der Waals surface area contributed by atoms with Crippen LogP contribution in [0.15, 0.2) is 72.8 Å². The van der Waals surface area contributed by atoms with Gasteiger partial charge in [-0.1, -0.05) is 50.2 Å². The Morgan fingerprint density at radius 3 is 2.39 bits per heavy atom. The monoisotopic (exact) mass is 443 g/mol. The number of nitrogens with zero attached hydrogens (tertiary/aromatic N) is 1. The normalized spacial score (nSPS) is 14.5. The third-order valence-corrected chi connectivity index (χ3v) is 5.82. The lowest BCUT2D eigenvalue weighted by molar-refractivity contribution is -0.122. The SMILES string of the molecule is CCN(CC)Cc1cccc(NC(=O)c2cccc(NC(=O)C3Cc4ccccc4O3)c2)c1. The number of carbonyl (C=O) groups is 2. The van der Waals surface area contributed by atoms with Crippen molar-refractivity contribution in [2.45, 2.75) is 32.9 Å². The molecule has 0 saturated carbocycles. The second kappa shape index (κ2) is 10.3. The third kappa shape index (κ3) is 5.59. The first-order chi connectivity index (χ1) is 16.1. The predicted octanol–water partition coefficient (Wildman–Crippen LogP) is 4.72. The molecule has 1 heterocycles. The Morgan fingerprint density at radius 2 is 1.64 bits per heavy atom. The molecule has 1 aliphatic heterocycles. The Balaban J connectivity index is 1.39. The Bertz CT molecular complexity index is 1120. The van der Waals surface area contributed by atoms with Crippen LogP contribution in [0, 0.1) is 0 Å². The number of ether oxygens (including phenoxy) is 1. The van der Waals surface area contributed by atoms with Crippen molar-refractivity contribution < 1.29 is 14.3 Å². The van der Waals surface area contributed by atoms with E-state index in [4.69, 9.17) is 4.74 Å². The molecule has 1 atom stereocenters. The molecule has 2 amide bonds. The Kier molecular flexibility index (Phi) is 7.05. The highest BCUT2D eigenvalue weighted by Crippen LogP contribution is 2.28. The van der Waals surface area contributed by atoms with Crippen LogP contribution >= 0.6 is 0 Å². The van der Waals surface area contributed by atoms with E-state index in [1.807, 2.05) is 42.5 Å². The average Bonchev–Trinajstić information content (AvgIpc) is 3.27. The molecule has 33 heavy (non-hydrogen) atoms. The zero-order valence-corrected chi connectivity index (χ0v) is 19.0. The van der Waals surface area contributed by atoms with Crippen molar-refractivity contribution in [3.8, 4) is 5.75 Å². The molecule has 0 saturated heterocycles. The van der Waals surface area contributed by atoms with Gasteiger partial charge in [-0.15, -0.1) is 0 Å². The number of rotatable bonds is 8. The average molecular weight is 444 g/mol. The number of benzene rings is 3. The minimum atomic E-state index is -0.576. The molecule has 1 aliphatic rings. The summed E-state index contributed by atoms with van der Waals surface area (Å²) < 4.78 is 5.76. The fourth-order valence-corrected chi connectivity index (χ4v) is 3.95. The van der Waals surface area contributed by atoms with E-state index in [0.717, 1.165) is 42.2 Å². The first kappa shape index (κ1) is 22.6. The maximum absolute atomic E-state index is 12.8. The van der Waals surface area contributed by atoms with Gasteiger partial charge in [-0.25, -0.2) is 0 Å². The maximum Gasteiger partial charge on any atom is 0.265 e. The van der Waals surface area contributed by atoms with E-state index < -0.39 is 6.10 Å². The second-order valence-electron chi connectivity index (χ2n) is 8.10. The third-order valence-electron chi connectivity index (χ3n) is 5.82. The standard InChI is InChI=1S/C27H29N3O3/c1-3-30(4-2)18-19-9-7-12-22(15-19)28-26(31)21-11-8-13-23(16-21)29-27(32)25-17-20-10-5-6-14-24(20)33-25/h5-16,25H,3-4,17-18H2,1-2H3,(H,28,31)(H,29,32). The van der Waals surface area contributed by atoms with Crippen molar-refractivity contribution in [1.82, 2.24) is 4.90 Å². The highest BCUT2D eigenvalue weighted by atomic mass is 16.5. The molecule has 0 bridgehead atoms. The minimum Gasteiger partial charge on any atom is -0.480 e. The van der Waals surface area contributed by atoms with Crippen LogP contribution in [0.4, 0.5) is 11.4 Å². The summed E-state index contributed by atoms with van der Waals surface area (Å²) in [5, 5.41) is 5.83. The molecule has 0 fully saturated rings. The van der Waals surface area contributed by atoms with E-state index in [2.05, 4.69) is 35.4 Å². The molecule has 0 aromatic heterocycles. The second-order valence-corrected chi connectivity index (χ2v) is 8.10. The summed E-state index contributed by atoms with van der Waals surface area (Å²) in [5.41, 5.74) is 3.94. The van der Waals surface area contributed by atoms with Crippen LogP contribution in [0.1, 0.15) is 35.3 Å². The zero-order chi connectivity index (χ0) is 23.2. The molecule has 0 radical (unpaired) electrons. The van der Waals surface area contributed by atoms with E-state index in [1.165, 1.54) is 0 Å². The summed E-state index contributed by atoms with van der Waals surface area (Å²) in [6.07, 6.45) is -0.0418. The van der Waals surface area contributed by atoms with Crippen LogP contribution in [-0.2, 0) is 17.8 Å². The van der Waals surface area contributed by atoms with Crippen LogP contribution in [0.5, 0.6) is 5.75 Å². The largest absolute Gasteiger partial charge is 0.480 e. The van der Waals surface area contributed by atoms with E-state index in [9.17, 15) is 9.59 Å². The van der Waals surface area contributed by atoms with Crippen LogP contribution in [0.25, 0.3) is 0 Å². The minimum absolute atomic E-state index is 0.226. The van der Waals surface area contributed by atoms with E-state index >= 15 is 0 Å². The summed E-state index contributed by atoms with van der Waals surface area (Å²) in [5.74, 6) is 0.289. The van der Waals surface area contributed by atoms with Gasteiger partial charge >= 0.3 is 0 Å². The summed E-state index contributed by atoms with van der Waals surface area (Å²) in [6, 6.07) is 22.5. The number of carbonyl (C=O) groups excluding carboxylic acids is 2. The van der Waals surface area contributed by atoms with Crippen molar-refractivity contribution in [3.05, 3.63) is 89.5 Å². The van der Waals surface area contributed by atoms with E-state index in [0.29, 0.717) is 17.7 Å². The van der Waals surface area contributed by atoms with Gasteiger partial charge in [0.15, 0.2) is 6.10 Å². The summed E-state index contributed by atoms with van der Waals surface area (Å²) in [7, 11) is 0. The lowest BCUT2D eigenvalue weighted by Gasteiger charge is -2.18. The van der Waals surface area contributed by atoms with Gasteiger partial charge in [0.05, 0.1) is 0 Å². The van der Waals surface area contributed by atoms with Gasteiger partial charge in [0, 0.05) is 29.9 Å². The summed E-state index contributed by atoms with van der Waals surface area (Å²) in [4.78, 5) is 27.9. The van der Waals surface area contributed by atoms with Crippen molar-refractivity contribution in [3.63, 3.8) is 0 Å². The van der Waals surface area contributed by atoms with Crippen molar-refractivity contribution in [1.29, 1.82) is 0 Å². The number of hydrogen-bond acceptors (Lipinski definition) is 4. The van der Waals surface area contributed by atoms with Crippen LogP contribution < -0.4 is 15.4 Å². The first-order valence-electron chi connectivity index (χ1n) is 11.3. The molecule has 2 N–H and O–H groups in total. The number of fused-ring (bicyclic) bond motifs is 1. The Hall–Kier alpha value is -3.64. The molecule has 170 valence electrons. The van der Waals surface area contributed by atoms with Crippen LogP contribution in [-0.4, -0.2) is 35.9 Å². The lowest BCUT2D eigenvalue weighted by atomic mass is 10.1. The smallest absolute Gasteiger partial charge is 0.265 e. The maximum atomic E-state index is 12.8. The lowest BCUT2D eigenvalue weighted by Crippen LogP contribution is -2.31. The summed E-state index contributed by atoms with van der Waals surface area (Å²) >= 11 is 0. The van der Waals surface area contributed by atoms with Gasteiger partial charge in [-0.2, -0.15) is 0 Å². The van der Waals surface area contributed by atoms with Crippen molar-refractivity contribution in [2.75, 3.05) is 23.7 Å². The summed E-state index contributed by atoms with van der Waals surface area (Å²) in [6.45, 7) is 7.07. The quantitative estimate of drug-likeness (QED) is 0.528. The van der Waals surface area contributed by atoms with E-state index in [1.54, 1.807) is 24.3 Å². The Morgan fingerprint density at radius 1 is 0.909 bits per heavy atom. The van der Waals surface area contributed by atoms with Gasteiger partial charge < -0.3 is 15.4 Å². The first-order valence-corrected chi connectivity index (χ1v) is 11.3. The van der Waals surface area contributed by atoms with Crippen molar-refractivity contribution in [2.24, 2.45) is 0 Å². The highest BCUT2D eigenvalue weighted by molar-refractivity contribution is 6.05. The van der Waals surface area contributed by atoms with Gasteiger partial charge in [0.1, 0.15) is 5.75 Å². The molecule has 3 aromatic rings. The highest BCUT2D eigenvalue weighted by Gasteiger charge is 2.28. The van der Waals surface area contributed by atoms with Crippen LogP contribution in [0.3, 0.4) is 0 Å². The molecular weight excluding hydrogens is 414 g/mol. The molecular formula is C27H29N3O3. The van der Waals surface area contributed by atoms with Gasteiger partial charge in [0.2, 0.25) is 0 Å². The molecule has 6 heteroatoms. The topological polar surface area (TPSA) is 70.7 Å². The number of anilines is 2. The molecule has 0 aliphatic carbocycles. The number of nitrogens with one attached hydrogen (secondary N) is 2. The molecule has 4 rings (SSSR count). The van der Waals surface area contributed by atoms with Gasteiger partial charge in [-0.3, -0.25) is 14.5 Å². The zero-order valence-electron chi connectivity index (χ0n) is 19.0. The van der Waals surface area contributed by atoms with Crippen LogP contribution in [0.2, 0.25) is 0 Å². The number of amides is 2. The fourth-order valence-electron chi connectivity index (χ4n) is 3.95. The van der Waals surface area contributed by atoms with Gasteiger partial charge in [-0.05, 0) is 60.6 Å². The molecule has 0 spiro atoms. The molecule has 6 nitrogen and oxygen atoms in total. The number of hydrogen-bond donors (Lipinski definition) is 2. The fraction of sp³-hybridized carbons (Fsp3) is 0.259. The number of para-hydroxylation sites is 1. The van der Waals surface area contributed by atoms with E-state index in [-0.39, 0.29) is 11.8 Å². The van der Waals surface area contributed by atoms with Gasteiger partial charge in [0.25, 0.3) is 11.8 Å². The Labute approximate surface area is 194 Å². The molecule has 1 unspecified atom stereocenters. The molecule has 3 aromatic carbocycles. The van der Waals surface area contributed by atoms with Crippen molar-refractivity contribution >= 4 is 23.2 Å².